The van der Waals surface area contributed by atoms with E-state index in [9.17, 15) is 4.79 Å². The lowest BCUT2D eigenvalue weighted by molar-refractivity contribution is 0.852. The van der Waals surface area contributed by atoms with E-state index in [4.69, 9.17) is 0 Å². The number of nitrogens with zero attached hydrogens (tertiary/aromatic N) is 4. The third-order valence-corrected chi connectivity index (χ3v) is 3.93. The van der Waals surface area contributed by atoms with Crippen LogP contribution in [0.3, 0.4) is 0 Å². The van der Waals surface area contributed by atoms with Crippen LogP contribution >= 0.6 is 0 Å². The van der Waals surface area contributed by atoms with E-state index in [-0.39, 0.29) is 5.56 Å². The van der Waals surface area contributed by atoms with Gasteiger partial charge in [-0.1, -0.05) is 48.5 Å². The van der Waals surface area contributed by atoms with E-state index in [1.54, 1.807) is 18.5 Å². The molecule has 0 radical (unpaired) electrons. The predicted molar refractivity (Wildman–Crippen MR) is 105 cm³/mol. The summed E-state index contributed by atoms with van der Waals surface area (Å²) in [6.45, 7) is 0. The van der Waals surface area contributed by atoms with E-state index < -0.39 is 0 Å². The van der Waals surface area contributed by atoms with Crippen LogP contribution in [-0.2, 0) is 0 Å². The lowest BCUT2D eigenvalue weighted by Crippen LogP contribution is -2.17. The van der Waals surface area contributed by atoms with Crippen LogP contribution in [-0.4, -0.2) is 26.0 Å². The molecule has 2 N–H and O–H groups in total. The van der Waals surface area contributed by atoms with Gasteiger partial charge < -0.3 is 0 Å². The average Bonchev–Trinajstić information content (AvgIpc) is 3.07. The number of nitrogens with one attached hydrogen (secondary N) is 2. The van der Waals surface area contributed by atoms with Gasteiger partial charge in [-0.15, -0.1) is 0 Å². The highest BCUT2D eigenvalue weighted by molar-refractivity contribution is 5.89. The van der Waals surface area contributed by atoms with Gasteiger partial charge in [-0.25, -0.2) is 20.1 Å². The van der Waals surface area contributed by atoms with Crippen molar-refractivity contribution in [1.29, 1.82) is 0 Å². The molecule has 4 aromatic rings. The number of anilines is 1. The Balaban J connectivity index is 1.77. The summed E-state index contributed by atoms with van der Waals surface area (Å²) in [7, 11) is 0. The van der Waals surface area contributed by atoms with Gasteiger partial charge in [0.1, 0.15) is 0 Å². The van der Waals surface area contributed by atoms with Crippen molar-refractivity contribution in [3.8, 4) is 16.9 Å². The second-order valence-electron chi connectivity index (χ2n) is 5.69. The van der Waals surface area contributed by atoms with Crippen LogP contribution in [0.25, 0.3) is 16.9 Å². The highest BCUT2D eigenvalue weighted by Gasteiger charge is 2.15. The van der Waals surface area contributed by atoms with Crippen LogP contribution in [0, 0.1) is 0 Å². The molecule has 2 heterocycles. The Morgan fingerprint density at radius 3 is 2.30 bits per heavy atom. The van der Waals surface area contributed by atoms with E-state index in [2.05, 4.69) is 25.6 Å². The van der Waals surface area contributed by atoms with Crippen LogP contribution in [0.2, 0.25) is 0 Å². The molecule has 0 spiro atoms. The number of benzene rings is 2. The van der Waals surface area contributed by atoms with Gasteiger partial charge in [-0.2, -0.15) is 5.10 Å². The van der Waals surface area contributed by atoms with Crippen molar-refractivity contribution in [2.24, 2.45) is 5.10 Å². The number of aromatic amines is 1. The number of para-hydroxylation sites is 1. The number of rotatable bonds is 5. The molecule has 0 aliphatic carbocycles. The quantitative estimate of drug-likeness (QED) is 0.425. The fourth-order valence-electron chi connectivity index (χ4n) is 2.67. The van der Waals surface area contributed by atoms with Crippen LogP contribution in [0.4, 0.5) is 5.95 Å². The Morgan fingerprint density at radius 2 is 1.59 bits per heavy atom. The molecule has 0 aliphatic heterocycles. The van der Waals surface area contributed by atoms with Gasteiger partial charge >= 0.3 is 0 Å². The SMILES string of the molecule is O=c1c(/C=N/Nc2ncccn2)c(-c2ccccc2)[nH]n1-c1ccccc1. The smallest absolute Gasteiger partial charge is 0.280 e. The molecule has 0 bridgehead atoms. The van der Waals surface area contributed by atoms with Crippen molar-refractivity contribution in [3.05, 3.63) is 95.0 Å². The predicted octanol–water partition coefficient (Wildman–Crippen LogP) is 3.07. The number of aromatic nitrogens is 4. The third-order valence-electron chi connectivity index (χ3n) is 3.93. The highest BCUT2D eigenvalue weighted by atomic mass is 16.1. The molecule has 7 nitrogen and oxygen atoms in total. The van der Waals surface area contributed by atoms with Gasteiger partial charge in [0.15, 0.2) is 0 Å². The lowest BCUT2D eigenvalue weighted by Gasteiger charge is -2.01. The molecule has 0 aliphatic rings. The first-order valence-corrected chi connectivity index (χ1v) is 8.35. The molecule has 2 aromatic heterocycles. The monoisotopic (exact) mass is 356 g/mol. The fraction of sp³-hybridized carbons (Fsp3) is 0. The van der Waals surface area contributed by atoms with E-state index in [0.29, 0.717) is 17.2 Å². The highest BCUT2D eigenvalue weighted by Crippen LogP contribution is 2.19. The van der Waals surface area contributed by atoms with Crippen molar-refractivity contribution in [2.75, 3.05) is 5.43 Å². The standard InChI is InChI=1S/C20H16N6O/c27-19-17(14-23-24-20-21-12-7-13-22-20)18(15-8-3-1-4-9-15)25-26(19)16-10-5-2-6-11-16/h1-14,25H,(H,21,22,24)/b23-14+. The number of H-pyrrole nitrogens is 1. The molecule has 0 atom stereocenters. The molecule has 0 fully saturated rings. The first-order chi connectivity index (χ1) is 13.3. The summed E-state index contributed by atoms with van der Waals surface area (Å²) >= 11 is 0. The van der Waals surface area contributed by atoms with Crippen LogP contribution < -0.4 is 11.0 Å². The van der Waals surface area contributed by atoms with Crippen molar-refractivity contribution in [3.63, 3.8) is 0 Å². The van der Waals surface area contributed by atoms with E-state index in [0.717, 1.165) is 11.3 Å². The summed E-state index contributed by atoms with van der Waals surface area (Å²) in [5.41, 5.74) is 5.30. The molecule has 27 heavy (non-hydrogen) atoms. The molecule has 132 valence electrons. The normalized spacial score (nSPS) is 11.0. The minimum absolute atomic E-state index is 0.195. The first kappa shape index (κ1) is 16.5. The topological polar surface area (TPSA) is 88.0 Å². The zero-order valence-electron chi connectivity index (χ0n) is 14.3. The molecule has 7 heteroatoms. The Morgan fingerprint density at radius 1 is 0.926 bits per heavy atom. The molecular weight excluding hydrogens is 340 g/mol. The van der Waals surface area contributed by atoms with Gasteiger partial charge in [0.2, 0.25) is 5.95 Å². The van der Waals surface area contributed by atoms with Gasteiger partial charge in [0.25, 0.3) is 5.56 Å². The van der Waals surface area contributed by atoms with Crippen molar-refractivity contribution in [1.82, 2.24) is 19.7 Å². The molecule has 2 aromatic carbocycles. The van der Waals surface area contributed by atoms with E-state index in [1.165, 1.54) is 10.9 Å². The zero-order valence-corrected chi connectivity index (χ0v) is 14.3. The number of hydrogen-bond donors (Lipinski definition) is 2. The van der Waals surface area contributed by atoms with E-state index in [1.807, 2.05) is 60.7 Å². The zero-order chi connectivity index (χ0) is 18.5. The first-order valence-electron chi connectivity index (χ1n) is 8.35. The van der Waals surface area contributed by atoms with Crippen LogP contribution in [0.15, 0.2) is 89.0 Å². The minimum Gasteiger partial charge on any atom is -0.290 e. The van der Waals surface area contributed by atoms with Crippen molar-refractivity contribution < 1.29 is 0 Å². The van der Waals surface area contributed by atoms with Gasteiger partial charge in [0, 0.05) is 18.0 Å². The third kappa shape index (κ3) is 3.52. The number of hydrogen-bond acceptors (Lipinski definition) is 5. The van der Waals surface area contributed by atoms with Gasteiger partial charge in [-0.3, -0.25) is 9.89 Å². The van der Waals surface area contributed by atoms with Crippen molar-refractivity contribution >= 4 is 12.2 Å². The summed E-state index contributed by atoms with van der Waals surface area (Å²) in [4.78, 5) is 21.1. The van der Waals surface area contributed by atoms with E-state index >= 15 is 0 Å². The summed E-state index contributed by atoms with van der Waals surface area (Å²) in [6, 6.07) is 20.8. The van der Waals surface area contributed by atoms with Crippen LogP contribution in [0.5, 0.6) is 0 Å². The van der Waals surface area contributed by atoms with Crippen molar-refractivity contribution in [2.45, 2.75) is 0 Å². The van der Waals surface area contributed by atoms with Crippen LogP contribution in [0.1, 0.15) is 5.56 Å². The minimum atomic E-state index is -0.195. The molecule has 4 rings (SSSR count). The largest absolute Gasteiger partial charge is 0.290 e. The van der Waals surface area contributed by atoms with Gasteiger partial charge in [0.05, 0.1) is 23.2 Å². The second kappa shape index (κ2) is 7.49. The maximum Gasteiger partial charge on any atom is 0.280 e. The lowest BCUT2D eigenvalue weighted by atomic mass is 10.1. The maximum absolute atomic E-state index is 13.0. The Bertz CT molecular complexity index is 1100. The number of hydrazone groups is 1. The summed E-state index contributed by atoms with van der Waals surface area (Å²) in [5.74, 6) is 0.355. The Hall–Kier alpha value is -4.00. The second-order valence-corrected chi connectivity index (χ2v) is 5.69. The fourth-order valence-corrected chi connectivity index (χ4v) is 2.67. The summed E-state index contributed by atoms with van der Waals surface area (Å²) < 4.78 is 1.50. The summed E-state index contributed by atoms with van der Waals surface area (Å²) in [5, 5.41) is 7.32. The average molecular weight is 356 g/mol. The summed E-state index contributed by atoms with van der Waals surface area (Å²) in [6.07, 6.45) is 4.70. The van der Waals surface area contributed by atoms with Gasteiger partial charge in [-0.05, 0) is 18.2 Å². The molecule has 0 unspecified atom stereocenters. The molecule has 0 saturated carbocycles. The Labute approximate surface area is 155 Å². The maximum atomic E-state index is 13.0. The molecule has 0 saturated heterocycles. The Kier molecular flexibility index (Phi) is 4.57. The molecular formula is C20H16N6O. The molecule has 0 amide bonds.